The summed E-state index contributed by atoms with van der Waals surface area (Å²) in [6.07, 6.45) is 0. The summed E-state index contributed by atoms with van der Waals surface area (Å²) in [6.45, 7) is 3.71. The van der Waals surface area contributed by atoms with Gasteiger partial charge in [-0.25, -0.2) is 0 Å². The molecule has 0 bridgehead atoms. The molecule has 0 aromatic heterocycles. The minimum atomic E-state index is -0.490. The molecule has 0 heterocycles. The lowest BCUT2D eigenvalue weighted by atomic mass is 10.1. The van der Waals surface area contributed by atoms with Gasteiger partial charge in [0.15, 0.2) is 11.7 Å². The van der Waals surface area contributed by atoms with Crippen molar-refractivity contribution in [3.63, 3.8) is 0 Å². The number of hydrogen-bond acceptors (Lipinski definition) is 5. The first kappa shape index (κ1) is 19.1. The number of benzene rings is 2. The fourth-order valence-electron chi connectivity index (χ4n) is 2.10. The fourth-order valence-corrected chi connectivity index (χ4v) is 2.26. The predicted molar refractivity (Wildman–Crippen MR) is 102 cm³/mol. The van der Waals surface area contributed by atoms with E-state index in [1.54, 1.807) is 0 Å². The first-order valence-electron chi connectivity index (χ1n) is 7.65. The molecule has 1 amide bonds. The summed E-state index contributed by atoms with van der Waals surface area (Å²) in [5.74, 6) is 0.232. The van der Waals surface area contributed by atoms with Crippen LogP contribution in [0.1, 0.15) is 11.1 Å². The number of rotatable bonds is 5. The molecule has 0 saturated carbocycles. The Bertz CT molecular complexity index is 824. The highest BCUT2D eigenvalue weighted by molar-refractivity contribution is 7.80. The van der Waals surface area contributed by atoms with Gasteiger partial charge in [0.05, 0.1) is 4.92 Å². The number of hydrazine groups is 1. The van der Waals surface area contributed by atoms with Crippen LogP contribution in [0, 0.1) is 24.0 Å². The Kier molecular flexibility index (Phi) is 6.45. The number of nitro groups is 1. The number of nitrogens with zero attached hydrogens (tertiary/aromatic N) is 1. The zero-order chi connectivity index (χ0) is 19.1. The Hall–Kier alpha value is -3.20. The van der Waals surface area contributed by atoms with Crippen LogP contribution in [0.25, 0.3) is 0 Å². The molecule has 9 heteroatoms. The Morgan fingerprint density at radius 1 is 1.15 bits per heavy atom. The van der Waals surface area contributed by atoms with Crippen molar-refractivity contribution in [2.24, 2.45) is 0 Å². The number of amides is 1. The fraction of sp³-hybridized carbons (Fsp3) is 0.176. The number of hydrogen-bond donors (Lipinski definition) is 3. The van der Waals surface area contributed by atoms with Crippen molar-refractivity contribution in [2.45, 2.75) is 13.8 Å². The summed E-state index contributed by atoms with van der Waals surface area (Å²) in [5.41, 5.74) is 7.53. The molecule has 0 unspecified atom stereocenters. The smallest absolute Gasteiger partial charge is 0.276 e. The van der Waals surface area contributed by atoms with Crippen molar-refractivity contribution >= 4 is 34.6 Å². The van der Waals surface area contributed by atoms with Gasteiger partial charge >= 0.3 is 0 Å². The standard InChI is InChI=1S/C17H18N4O4S/c1-11-3-8-15(12(2)9-11)25-10-16(22)19-20-17(26)18-13-4-6-14(7-5-13)21(23)24/h3-9H,10H2,1-2H3,(H,19,22)(H2,18,20,26). The summed E-state index contributed by atoms with van der Waals surface area (Å²) in [5, 5.41) is 13.5. The van der Waals surface area contributed by atoms with E-state index in [9.17, 15) is 14.9 Å². The number of anilines is 1. The van der Waals surface area contributed by atoms with Gasteiger partial charge in [-0.2, -0.15) is 0 Å². The van der Waals surface area contributed by atoms with Crippen LogP contribution in [0.5, 0.6) is 5.75 Å². The van der Waals surface area contributed by atoms with E-state index in [0.717, 1.165) is 11.1 Å². The Balaban J connectivity index is 1.76. The molecule has 0 spiro atoms. The molecule has 0 radical (unpaired) electrons. The maximum atomic E-state index is 11.8. The normalized spacial score (nSPS) is 9.92. The molecule has 0 atom stereocenters. The van der Waals surface area contributed by atoms with Crippen LogP contribution < -0.4 is 20.9 Å². The third-order valence-electron chi connectivity index (χ3n) is 3.34. The van der Waals surface area contributed by atoms with E-state index in [0.29, 0.717) is 11.4 Å². The SMILES string of the molecule is Cc1ccc(OCC(=O)NNC(=S)Nc2ccc([N+](=O)[O-])cc2)c(C)c1. The summed E-state index contributed by atoms with van der Waals surface area (Å²) >= 11 is 5.04. The zero-order valence-corrected chi connectivity index (χ0v) is 15.1. The molecule has 2 aromatic rings. The number of nitrogens with one attached hydrogen (secondary N) is 3. The van der Waals surface area contributed by atoms with Crippen LogP contribution >= 0.6 is 12.2 Å². The average Bonchev–Trinajstić information content (AvgIpc) is 2.59. The lowest BCUT2D eigenvalue weighted by Crippen LogP contribution is -2.45. The van der Waals surface area contributed by atoms with Crippen LogP contribution in [-0.2, 0) is 4.79 Å². The van der Waals surface area contributed by atoms with Gasteiger partial charge in [0.2, 0.25) is 0 Å². The molecule has 3 N–H and O–H groups in total. The largest absolute Gasteiger partial charge is 0.483 e. The maximum Gasteiger partial charge on any atom is 0.276 e. The van der Waals surface area contributed by atoms with Gasteiger partial charge in [0.1, 0.15) is 5.75 Å². The van der Waals surface area contributed by atoms with Gasteiger partial charge < -0.3 is 10.1 Å². The Labute approximate surface area is 155 Å². The summed E-state index contributed by atoms with van der Waals surface area (Å²) in [6, 6.07) is 11.4. The minimum absolute atomic E-state index is 0.0220. The number of carbonyl (C=O) groups excluding carboxylic acids is 1. The molecule has 0 saturated heterocycles. The monoisotopic (exact) mass is 374 g/mol. The van der Waals surface area contributed by atoms with Gasteiger partial charge in [-0.1, -0.05) is 17.7 Å². The third kappa shape index (κ3) is 5.71. The summed E-state index contributed by atoms with van der Waals surface area (Å²) in [7, 11) is 0. The molecule has 2 rings (SSSR count). The topological polar surface area (TPSA) is 106 Å². The van der Waals surface area contributed by atoms with Crippen molar-refractivity contribution in [1.29, 1.82) is 0 Å². The number of aryl methyl sites for hydroxylation is 2. The molecule has 0 aliphatic heterocycles. The van der Waals surface area contributed by atoms with E-state index >= 15 is 0 Å². The second-order valence-electron chi connectivity index (χ2n) is 5.49. The van der Waals surface area contributed by atoms with Crippen molar-refractivity contribution < 1.29 is 14.5 Å². The first-order valence-corrected chi connectivity index (χ1v) is 8.06. The van der Waals surface area contributed by atoms with Gasteiger partial charge in [-0.05, 0) is 49.8 Å². The summed E-state index contributed by atoms with van der Waals surface area (Å²) in [4.78, 5) is 21.9. The second kappa shape index (κ2) is 8.77. The number of ether oxygens (including phenoxy) is 1. The van der Waals surface area contributed by atoms with Crippen molar-refractivity contribution in [1.82, 2.24) is 10.9 Å². The number of thiocarbonyl (C=S) groups is 1. The summed E-state index contributed by atoms with van der Waals surface area (Å²) < 4.78 is 5.46. The highest BCUT2D eigenvalue weighted by Crippen LogP contribution is 2.18. The highest BCUT2D eigenvalue weighted by Gasteiger charge is 2.07. The van der Waals surface area contributed by atoms with Crippen LogP contribution in [0.15, 0.2) is 42.5 Å². The molecule has 136 valence electrons. The quantitative estimate of drug-likeness (QED) is 0.420. The molecular weight excluding hydrogens is 356 g/mol. The van der Waals surface area contributed by atoms with Gasteiger partial charge in [-0.15, -0.1) is 0 Å². The van der Waals surface area contributed by atoms with Crippen molar-refractivity contribution in [2.75, 3.05) is 11.9 Å². The molecule has 2 aromatic carbocycles. The zero-order valence-electron chi connectivity index (χ0n) is 14.2. The maximum absolute atomic E-state index is 11.8. The molecule has 8 nitrogen and oxygen atoms in total. The number of non-ortho nitro benzene ring substituents is 1. The van der Waals surface area contributed by atoms with Crippen LogP contribution in [0.2, 0.25) is 0 Å². The average molecular weight is 374 g/mol. The van der Waals surface area contributed by atoms with Crippen LogP contribution in [0.3, 0.4) is 0 Å². The molecule has 0 fully saturated rings. The second-order valence-corrected chi connectivity index (χ2v) is 5.90. The van der Waals surface area contributed by atoms with Crippen LogP contribution in [-0.4, -0.2) is 22.5 Å². The molecular formula is C17H18N4O4S. The van der Waals surface area contributed by atoms with E-state index in [-0.39, 0.29) is 17.4 Å². The van der Waals surface area contributed by atoms with E-state index in [1.807, 2.05) is 32.0 Å². The molecule has 0 aliphatic carbocycles. The number of carbonyl (C=O) groups is 1. The Morgan fingerprint density at radius 3 is 2.46 bits per heavy atom. The lowest BCUT2D eigenvalue weighted by Gasteiger charge is -2.13. The molecule has 26 heavy (non-hydrogen) atoms. The minimum Gasteiger partial charge on any atom is -0.483 e. The van der Waals surface area contributed by atoms with Gasteiger partial charge in [0.25, 0.3) is 11.6 Å². The van der Waals surface area contributed by atoms with Gasteiger partial charge in [0, 0.05) is 17.8 Å². The lowest BCUT2D eigenvalue weighted by molar-refractivity contribution is -0.384. The predicted octanol–water partition coefficient (Wildman–Crippen LogP) is 2.61. The highest BCUT2D eigenvalue weighted by atomic mass is 32.1. The first-order chi connectivity index (χ1) is 12.3. The van der Waals surface area contributed by atoms with Crippen molar-refractivity contribution in [3.8, 4) is 5.75 Å². The molecule has 0 aliphatic rings. The van der Waals surface area contributed by atoms with Crippen molar-refractivity contribution in [3.05, 3.63) is 63.7 Å². The van der Waals surface area contributed by atoms with E-state index < -0.39 is 10.8 Å². The van der Waals surface area contributed by atoms with Gasteiger partial charge in [-0.3, -0.25) is 25.8 Å². The number of nitro benzene ring substituents is 1. The third-order valence-corrected chi connectivity index (χ3v) is 3.54. The van der Waals surface area contributed by atoms with E-state index in [4.69, 9.17) is 17.0 Å². The van der Waals surface area contributed by atoms with Crippen LogP contribution in [0.4, 0.5) is 11.4 Å². The van der Waals surface area contributed by atoms with E-state index in [2.05, 4.69) is 16.2 Å². The Morgan fingerprint density at radius 2 is 1.85 bits per heavy atom. The van der Waals surface area contributed by atoms with E-state index in [1.165, 1.54) is 24.3 Å².